The van der Waals surface area contributed by atoms with E-state index in [9.17, 15) is 4.79 Å². The van der Waals surface area contributed by atoms with Gasteiger partial charge in [-0.25, -0.2) is 0 Å². The topological polar surface area (TPSA) is 55.1 Å². The summed E-state index contributed by atoms with van der Waals surface area (Å²) >= 11 is 0. The lowest BCUT2D eigenvalue weighted by molar-refractivity contribution is 0.100. The predicted molar refractivity (Wildman–Crippen MR) is 51.1 cm³/mol. The largest absolute Gasteiger partial charge is 0.359 e. The number of hydrogen-bond donors (Lipinski definition) is 1. The highest BCUT2D eigenvalue weighted by atomic mass is 16.5. The molecule has 1 aliphatic rings. The summed E-state index contributed by atoms with van der Waals surface area (Å²) in [5, 5.41) is 7.07. The van der Waals surface area contributed by atoms with Gasteiger partial charge in [0.05, 0.1) is 6.04 Å². The maximum Gasteiger partial charge on any atom is 0.181 e. The molecule has 1 saturated heterocycles. The number of aromatic nitrogens is 1. The van der Waals surface area contributed by atoms with Crippen molar-refractivity contribution in [2.45, 2.75) is 32.2 Å². The Kier molecular flexibility index (Phi) is 2.63. The molecule has 1 aromatic heterocycles. The van der Waals surface area contributed by atoms with Gasteiger partial charge in [-0.1, -0.05) is 11.6 Å². The Morgan fingerprint density at radius 3 is 3.07 bits per heavy atom. The van der Waals surface area contributed by atoms with Crippen LogP contribution in [0.5, 0.6) is 0 Å². The Morgan fingerprint density at radius 1 is 1.64 bits per heavy atom. The van der Waals surface area contributed by atoms with Crippen molar-refractivity contribution in [1.82, 2.24) is 10.5 Å². The van der Waals surface area contributed by atoms with Crippen LogP contribution >= 0.6 is 0 Å². The van der Waals surface area contributed by atoms with Gasteiger partial charge < -0.3 is 9.84 Å². The first-order chi connectivity index (χ1) is 6.77. The van der Waals surface area contributed by atoms with Crippen LogP contribution in [0.1, 0.15) is 48.5 Å². The molecule has 1 aliphatic heterocycles. The molecule has 0 bridgehead atoms. The number of piperidine rings is 1. The number of Topliss-reactive ketones (excluding diaryl/α,β-unsaturated/α-hetero) is 1. The lowest BCUT2D eigenvalue weighted by atomic mass is 10.0. The zero-order valence-electron chi connectivity index (χ0n) is 8.25. The van der Waals surface area contributed by atoms with Gasteiger partial charge in [-0.15, -0.1) is 0 Å². The van der Waals surface area contributed by atoms with Crippen molar-refractivity contribution in [3.8, 4) is 0 Å². The van der Waals surface area contributed by atoms with Crippen LogP contribution in [0.4, 0.5) is 0 Å². The van der Waals surface area contributed by atoms with Gasteiger partial charge in [0.2, 0.25) is 0 Å². The van der Waals surface area contributed by atoms with E-state index in [1.54, 1.807) is 6.07 Å². The number of ketones is 1. The molecule has 0 spiro atoms. The van der Waals surface area contributed by atoms with Gasteiger partial charge in [0.25, 0.3) is 0 Å². The van der Waals surface area contributed by atoms with Gasteiger partial charge in [-0.2, -0.15) is 0 Å². The molecular weight excluding hydrogens is 180 g/mol. The first-order valence-electron chi connectivity index (χ1n) is 4.98. The molecule has 0 aromatic carbocycles. The number of nitrogens with zero attached hydrogens (tertiary/aromatic N) is 1. The summed E-state index contributed by atoms with van der Waals surface area (Å²) in [5.41, 5.74) is 0.423. The predicted octanol–water partition coefficient (Wildman–Crippen LogP) is 1.69. The minimum absolute atomic E-state index is 0.0455. The first-order valence-corrected chi connectivity index (χ1v) is 4.98. The lowest BCUT2D eigenvalue weighted by Crippen LogP contribution is -2.26. The molecule has 2 heterocycles. The molecule has 1 aromatic rings. The van der Waals surface area contributed by atoms with Crippen molar-refractivity contribution in [3.63, 3.8) is 0 Å². The fourth-order valence-electron chi connectivity index (χ4n) is 1.71. The second kappa shape index (κ2) is 3.92. The van der Waals surface area contributed by atoms with Crippen LogP contribution in [-0.2, 0) is 0 Å². The number of rotatable bonds is 2. The van der Waals surface area contributed by atoms with E-state index in [1.807, 2.05) is 0 Å². The highest BCUT2D eigenvalue weighted by molar-refractivity contribution is 5.91. The van der Waals surface area contributed by atoms with E-state index < -0.39 is 0 Å². The molecule has 0 saturated carbocycles. The van der Waals surface area contributed by atoms with Crippen molar-refractivity contribution < 1.29 is 9.32 Å². The van der Waals surface area contributed by atoms with Gasteiger partial charge in [0.15, 0.2) is 11.5 Å². The van der Waals surface area contributed by atoms with Crippen molar-refractivity contribution in [1.29, 1.82) is 0 Å². The van der Waals surface area contributed by atoms with Crippen molar-refractivity contribution in [2.24, 2.45) is 0 Å². The zero-order valence-corrected chi connectivity index (χ0v) is 8.25. The summed E-state index contributed by atoms with van der Waals surface area (Å²) in [5.74, 6) is 0.741. The van der Waals surface area contributed by atoms with E-state index in [-0.39, 0.29) is 11.8 Å². The molecule has 0 amide bonds. The summed E-state index contributed by atoms with van der Waals surface area (Å²) in [6.45, 7) is 2.51. The van der Waals surface area contributed by atoms with Crippen LogP contribution in [-0.4, -0.2) is 17.5 Å². The summed E-state index contributed by atoms with van der Waals surface area (Å²) in [4.78, 5) is 11.0. The maximum atomic E-state index is 11.0. The summed E-state index contributed by atoms with van der Waals surface area (Å²) in [6, 6.07) is 1.98. The smallest absolute Gasteiger partial charge is 0.181 e. The van der Waals surface area contributed by atoms with E-state index >= 15 is 0 Å². The molecule has 0 radical (unpaired) electrons. The zero-order chi connectivity index (χ0) is 9.97. The highest BCUT2D eigenvalue weighted by Crippen LogP contribution is 2.23. The molecule has 4 nitrogen and oxygen atoms in total. The third kappa shape index (κ3) is 1.85. The van der Waals surface area contributed by atoms with Gasteiger partial charge in [0, 0.05) is 13.0 Å². The molecule has 0 aliphatic carbocycles. The quantitative estimate of drug-likeness (QED) is 0.728. The lowest BCUT2D eigenvalue weighted by Gasteiger charge is -2.20. The Balaban J connectivity index is 2.11. The minimum atomic E-state index is -0.0455. The third-order valence-electron chi connectivity index (χ3n) is 2.54. The summed E-state index contributed by atoms with van der Waals surface area (Å²) in [6.07, 6.45) is 3.48. The van der Waals surface area contributed by atoms with Crippen molar-refractivity contribution in [2.75, 3.05) is 6.54 Å². The first kappa shape index (κ1) is 9.40. The fraction of sp³-hybridized carbons (Fsp3) is 0.600. The van der Waals surface area contributed by atoms with E-state index in [1.165, 1.54) is 19.8 Å². The van der Waals surface area contributed by atoms with E-state index in [4.69, 9.17) is 4.52 Å². The minimum Gasteiger partial charge on any atom is -0.359 e. The van der Waals surface area contributed by atoms with Crippen LogP contribution < -0.4 is 5.32 Å². The Bertz CT molecular complexity index is 327. The second-order valence-corrected chi connectivity index (χ2v) is 3.67. The van der Waals surface area contributed by atoms with Crippen molar-refractivity contribution >= 4 is 5.78 Å². The average molecular weight is 194 g/mol. The van der Waals surface area contributed by atoms with Gasteiger partial charge in [-0.05, 0) is 19.4 Å². The molecule has 1 N–H and O–H groups in total. The Hall–Kier alpha value is -1.16. The van der Waals surface area contributed by atoms with Crippen LogP contribution in [0, 0.1) is 0 Å². The highest BCUT2D eigenvalue weighted by Gasteiger charge is 2.19. The molecule has 76 valence electrons. The normalized spacial score (nSPS) is 22.2. The maximum absolute atomic E-state index is 11.0. The number of carbonyl (C=O) groups is 1. The van der Waals surface area contributed by atoms with Crippen LogP contribution in [0.3, 0.4) is 0 Å². The average Bonchev–Trinajstić information content (AvgIpc) is 2.68. The van der Waals surface area contributed by atoms with E-state index in [0.717, 1.165) is 18.7 Å². The Labute approximate surface area is 82.7 Å². The fourth-order valence-corrected chi connectivity index (χ4v) is 1.71. The van der Waals surface area contributed by atoms with Gasteiger partial charge in [-0.3, -0.25) is 4.79 Å². The molecule has 1 fully saturated rings. The molecule has 1 unspecified atom stereocenters. The van der Waals surface area contributed by atoms with Gasteiger partial charge in [0.1, 0.15) is 5.69 Å². The van der Waals surface area contributed by atoms with Crippen LogP contribution in [0.2, 0.25) is 0 Å². The molecule has 14 heavy (non-hydrogen) atoms. The van der Waals surface area contributed by atoms with Gasteiger partial charge >= 0.3 is 0 Å². The third-order valence-corrected chi connectivity index (χ3v) is 2.54. The SMILES string of the molecule is CC(=O)c1cc(C2CCCCN2)on1. The number of nitrogens with one attached hydrogen (secondary N) is 1. The number of carbonyl (C=O) groups excluding carboxylic acids is 1. The molecule has 4 heteroatoms. The second-order valence-electron chi connectivity index (χ2n) is 3.67. The standard InChI is InChI=1S/C10H14N2O2/c1-7(13)9-6-10(14-12-9)8-4-2-3-5-11-8/h6,8,11H,2-5H2,1H3. The molecular formula is C10H14N2O2. The number of hydrogen-bond acceptors (Lipinski definition) is 4. The van der Waals surface area contributed by atoms with E-state index in [0.29, 0.717) is 5.69 Å². The monoisotopic (exact) mass is 194 g/mol. The Morgan fingerprint density at radius 2 is 2.50 bits per heavy atom. The van der Waals surface area contributed by atoms with Crippen LogP contribution in [0.15, 0.2) is 10.6 Å². The van der Waals surface area contributed by atoms with Crippen molar-refractivity contribution in [3.05, 3.63) is 17.5 Å². The molecule has 1 atom stereocenters. The summed E-state index contributed by atoms with van der Waals surface area (Å²) in [7, 11) is 0. The van der Waals surface area contributed by atoms with Crippen LogP contribution in [0.25, 0.3) is 0 Å². The summed E-state index contributed by atoms with van der Waals surface area (Å²) < 4.78 is 5.13. The van der Waals surface area contributed by atoms with E-state index in [2.05, 4.69) is 10.5 Å². The molecule has 2 rings (SSSR count).